The molecule has 0 heterocycles. The summed E-state index contributed by atoms with van der Waals surface area (Å²) in [4.78, 5) is 90.6. The molecule has 1 atom stereocenters. The minimum atomic E-state index is -0.976. The Bertz CT molecular complexity index is 1160. The van der Waals surface area contributed by atoms with E-state index in [9.17, 15) is 33.6 Å². The van der Waals surface area contributed by atoms with E-state index in [4.69, 9.17) is 28.4 Å². The maximum Gasteiger partial charge on any atom is 0.306 e. The molecule has 15 nitrogen and oxygen atoms in total. The van der Waals surface area contributed by atoms with Gasteiger partial charge in [-0.25, -0.2) is 0 Å². The Morgan fingerprint density at radius 2 is 0.852 bits per heavy atom. The lowest BCUT2D eigenvalue weighted by molar-refractivity contribution is -0.167. The summed E-state index contributed by atoms with van der Waals surface area (Å²) in [5, 5.41) is -0.194. The molecule has 0 saturated carbocycles. The van der Waals surface area contributed by atoms with Crippen molar-refractivity contribution in [1.82, 2.24) is 9.80 Å². The van der Waals surface area contributed by atoms with E-state index in [0.29, 0.717) is 25.0 Å². The van der Waals surface area contributed by atoms with Gasteiger partial charge in [0.1, 0.15) is 26.4 Å². The van der Waals surface area contributed by atoms with Gasteiger partial charge in [0.25, 0.3) is 11.7 Å². The van der Waals surface area contributed by atoms with Crippen molar-refractivity contribution in [2.75, 3.05) is 65.9 Å². The van der Waals surface area contributed by atoms with E-state index in [0.717, 1.165) is 102 Å². The highest BCUT2D eigenvalue weighted by molar-refractivity contribution is 8.13. The molecule has 0 aliphatic heterocycles. The number of esters is 5. The molecule has 0 radical (unpaired) electrons. The lowest BCUT2D eigenvalue weighted by atomic mass is 10.1. The van der Waals surface area contributed by atoms with Gasteiger partial charge in [-0.05, 0) is 59.2 Å². The molecule has 0 aromatic carbocycles. The van der Waals surface area contributed by atoms with Crippen LogP contribution < -0.4 is 0 Å². The highest BCUT2D eigenvalue weighted by Crippen LogP contribution is 2.15. The number of hydrogen-bond donors (Lipinski definition) is 0. The average molecular weight is 889 g/mol. The third-order valence-electron chi connectivity index (χ3n) is 9.54. The zero-order valence-corrected chi connectivity index (χ0v) is 39.1. The Morgan fingerprint density at radius 1 is 0.475 bits per heavy atom. The average Bonchev–Trinajstić information content (AvgIpc) is 3.23. The van der Waals surface area contributed by atoms with E-state index in [1.54, 1.807) is 4.90 Å². The zero-order valence-electron chi connectivity index (χ0n) is 38.3. The number of carbonyl (C=O) groups is 7. The van der Waals surface area contributed by atoms with E-state index in [2.05, 4.69) is 20.8 Å². The number of thioether (sulfide) groups is 1. The minimum absolute atomic E-state index is 0.0553. The van der Waals surface area contributed by atoms with Crippen LogP contribution in [0.3, 0.4) is 0 Å². The smallest absolute Gasteiger partial charge is 0.306 e. The van der Waals surface area contributed by atoms with Crippen molar-refractivity contribution >= 4 is 53.3 Å². The van der Waals surface area contributed by atoms with Crippen molar-refractivity contribution < 1.29 is 62.0 Å². The molecule has 0 saturated heterocycles. The molecule has 0 aliphatic carbocycles. The number of ether oxygens (including phenoxy) is 6. The summed E-state index contributed by atoms with van der Waals surface area (Å²) >= 11 is 1.16. The lowest BCUT2D eigenvalue weighted by Gasteiger charge is -2.23. The molecular weight excluding hydrogens is 809 g/mol. The molecule has 1 amide bonds. The first-order chi connectivity index (χ1) is 29.4. The summed E-state index contributed by atoms with van der Waals surface area (Å²) in [7, 11) is 3.91. The van der Waals surface area contributed by atoms with Crippen molar-refractivity contribution in [3.63, 3.8) is 0 Å². The van der Waals surface area contributed by atoms with Gasteiger partial charge in [0.2, 0.25) is 0 Å². The number of unbranched alkanes of at least 4 members (excludes halogenated alkanes) is 12. The first kappa shape index (κ1) is 57.6. The van der Waals surface area contributed by atoms with E-state index in [1.807, 2.05) is 19.0 Å². The van der Waals surface area contributed by atoms with Crippen LogP contribution in [0.5, 0.6) is 0 Å². The van der Waals surface area contributed by atoms with Gasteiger partial charge in [-0.3, -0.25) is 33.6 Å². The van der Waals surface area contributed by atoms with Crippen molar-refractivity contribution in [2.24, 2.45) is 0 Å². The van der Waals surface area contributed by atoms with Crippen LogP contribution in [0.1, 0.15) is 168 Å². The van der Waals surface area contributed by atoms with Crippen LogP contribution in [0.15, 0.2) is 0 Å². The molecule has 0 aromatic heterocycles. The molecule has 0 rings (SSSR count). The molecule has 0 bridgehead atoms. The topological polar surface area (TPSA) is 181 Å². The monoisotopic (exact) mass is 889 g/mol. The maximum absolute atomic E-state index is 13.3. The van der Waals surface area contributed by atoms with Gasteiger partial charge < -0.3 is 38.2 Å². The Balaban J connectivity index is 5.30. The summed E-state index contributed by atoms with van der Waals surface area (Å²) in [5.74, 6) is -1.84. The highest BCUT2D eigenvalue weighted by Gasteiger charge is 2.22. The first-order valence-corrected chi connectivity index (χ1v) is 23.9. The summed E-state index contributed by atoms with van der Waals surface area (Å²) in [5.41, 5.74) is 0. The van der Waals surface area contributed by atoms with Crippen molar-refractivity contribution in [3.05, 3.63) is 0 Å². The molecule has 0 spiro atoms. The van der Waals surface area contributed by atoms with Gasteiger partial charge in [-0.15, -0.1) is 0 Å². The van der Waals surface area contributed by atoms with Crippen LogP contribution in [0.25, 0.3) is 0 Å². The molecule has 16 heteroatoms. The van der Waals surface area contributed by atoms with E-state index >= 15 is 0 Å². The van der Waals surface area contributed by atoms with Crippen LogP contribution in [0.4, 0.5) is 4.79 Å². The summed E-state index contributed by atoms with van der Waals surface area (Å²) in [6, 6.07) is 0. The quantitative estimate of drug-likeness (QED) is 0.0247. The predicted octanol–water partition coefficient (Wildman–Crippen LogP) is 8.36. The number of nitrogens with zero attached hydrogens (tertiary/aromatic N) is 2. The van der Waals surface area contributed by atoms with E-state index in [1.165, 1.54) is 0 Å². The molecule has 61 heavy (non-hydrogen) atoms. The van der Waals surface area contributed by atoms with Gasteiger partial charge in [0.15, 0.2) is 12.2 Å². The summed E-state index contributed by atoms with van der Waals surface area (Å²) in [6.07, 6.45) is 14.6. The SMILES string of the molecule is CCCCCCCC(=O)OCC(COC=O)OC(=O)CCCN(CCCC(=O)OC(COC(=O)CCCCCCC)COC(=O)CCCCCCC)C(=O)SCCCN(C)C. The second kappa shape index (κ2) is 40.7. The minimum Gasteiger partial charge on any atom is -0.464 e. The van der Waals surface area contributed by atoms with Crippen molar-refractivity contribution in [2.45, 2.75) is 181 Å². The first-order valence-electron chi connectivity index (χ1n) is 22.9. The van der Waals surface area contributed by atoms with Crippen LogP contribution in [-0.4, -0.2) is 129 Å². The van der Waals surface area contributed by atoms with Gasteiger partial charge in [0, 0.05) is 50.9 Å². The Morgan fingerprint density at radius 3 is 1.23 bits per heavy atom. The number of rotatable bonds is 41. The third kappa shape index (κ3) is 36.9. The lowest BCUT2D eigenvalue weighted by Crippen LogP contribution is -2.33. The molecule has 0 aromatic rings. The molecule has 1 unspecified atom stereocenters. The van der Waals surface area contributed by atoms with E-state index in [-0.39, 0.29) is 96.2 Å². The highest BCUT2D eigenvalue weighted by atomic mass is 32.2. The Labute approximate surface area is 370 Å². The van der Waals surface area contributed by atoms with Crippen molar-refractivity contribution in [1.29, 1.82) is 0 Å². The van der Waals surface area contributed by atoms with Crippen LogP contribution in [0, 0.1) is 0 Å². The second-order valence-electron chi connectivity index (χ2n) is 15.7. The maximum atomic E-state index is 13.3. The number of carbonyl (C=O) groups excluding carboxylic acids is 7. The second-order valence-corrected chi connectivity index (χ2v) is 16.7. The van der Waals surface area contributed by atoms with Gasteiger partial charge in [-0.1, -0.05) is 110 Å². The molecular formula is C45H80N2O13S. The predicted molar refractivity (Wildman–Crippen MR) is 236 cm³/mol. The molecule has 0 aliphatic rings. The summed E-state index contributed by atoms with van der Waals surface area (Å²) < 4.78 is 32.0. The molecule has 0 N–H and O–H groups in total. The van der Waals surface area contributed by atoms with Crippen LogP contribution in [-0.2, 0) is 57.2 Å². The summed E-state index contributed by atoms with van der Waals surface area (Å²) in [6.45, 7) is 6.80. The normalized spacial score (nSPS) is 11.5. The largest absolute Gasteiger partial charge is 0.464 e. The van der Waals surface area contributed by atoms with Gasteiger partial charge in [-0.2, -0.15) is 0 Å². The Kier molecular flexibility index (Phi) is 38.4. The molecule has 0 fully saturated rings. The fourth-order valence-electron chi connectivity index (χ4n) is 6.02. The standard InChI is InChI=1S/C45H80N2O13S/c1-6-9-12-15-18-24-40(49)56-34-38(33-55-37-48)59-43(52)27-21-30-47(45(54)61-32-23-29-46(4)5)31-22-28-44(53)60-39(35-57-41(50)25-19-16-13-10-7-2)36-58-42(51)26-20-17-14-11-8-3/h37-39H,6-36H2,1-5H3. The number of amides is 1. The third-order valence-corrected chi connectivity index (χ3v) is 10.5. The Hall–Kier alpha value is -3.40. The van der Waals surface area contributed by atoms with Gasteiger partial charge >= 0.3 is 29.8 Å². The fraction of sp³-hybridized carbons (Fsp3) is 0.844. The molecule has 354 valence electrons. The van der Waals surface area contributed by atoms with Gasteiger partial charge in [0.05, 0.1) is 0 Å². The van der Waals surface area contributed by atoms with Crippen LogP contribution in [0.2, 0.25) is 0 Å². The van der Waals surface area contributed by atoms with E-state index < -0.39 is 42.1 Å². The zero-order chi connectivity index (χ0) is 45.4. The fourth-order valence-corrected chi connectivity index (χ4v) is 6.83. The van der Waals surface area contributed by atoms with Crippen molar-refractivity contribution in [3.8, 4) is 0 Å². The number of hydrogen-bond acceptors (Lipinski definition) is 15. The van der Waals surface area contributed by atoms with Crippen LogP contribution >= 0.6 is 11.8 Å².